The zero-order valence-corrected chi connectivity index (χ0v) is 26.0. The Hall–Kier alpha value is -4.66. The lowest BCUT2D eigenvalue weighted by molar-refractivity contribution is -0.119. The number of methoxy groups -OCH3 is 2. The lowest BCUT2D eigenvalue weighted by atomic mass is 9.81. The highest BCUT2D eigenvalue weighted by molar-refractivity contribution is 6.02. The molecule has 1 saturated carbocycles. The zero-order chi connectivity index (χ0) is 31.0. The van der Waals surface area contributed by atoms with E-state index in [4.69, 9.17) is 14.5 Å². The highest BCUT2D eigenvalue weighted by Crippen LogP contribution is 2.39. The summed E-state index contributed by atoms with van der Waals surface area (Å²) in [5, 5.41) is 3.89. The highest BCUT2D eigenvalue weighted by Gasteiger charge is 2.28. The number of fused-ring (bicyclic) bond motifs is 2. The summed E-state index contributed by atoms with van der Waals surface area (Å²) in [7, 11) is 5.18. The van der Waals surface area contributed by atoms with Gasteiger partial charge in [0.15, 0.2) is 5.78 Å². The van der Waals surface area contributed by atoms with E-state index in [0.717, 1.165) is 82.7 Å². The van der Waals surface area contributed by atoms with Gasteiger partial charge in [-0.15, -0.1) is 0 Å². The van der Waals surface area contributed by atoms with Gasteiger partial charge in [-0.2, -0.15) is 0 Å². The number of aromatic nitrogens is 4. The molecule has 0 saturated heterocycles. The second-order valence-electron chi connectivity index (χ2n) is 11.8. The van der Waals surface area contributed by atoms with Gasteiger partial charge in [0.25, 0.3) is 0 Å². The van der Waals surface area contributed by atoms with E-state index in [1.54, 1.807) is 21.1 Å². The van der Waals surface area contributed by atoms with Crippen molar-refractivity contribution in [2.45, 2.75) is 51.9 Å². The minimum absolute atomic E-state index is 0.000630. The van der Waals surface area contributed by atoms with Gasteiger partial charge in [-0.3, -0.25) is 19.0 Å². The molecule has 1 amide bonds. The summed E-state index contributed by atoms with van der Waals surface area (Å²) in [6, 6.07) is 13.7. The summed E-state index contributed by atoms with van der Waals surface area (Å²) in [5.41, 5.74) is 6.06. The summed E-state index contributed by atoms with van der Waals surface area (Å²) in [5.74, 6) is 3.29. The van der Waals surface area contributed by atoms with Crippen LogP contribution in [0.2, 0.25) is 0 Å². The van der Waals surface area contributed by atoms with Gasteiger partial charge in [0.2, 0.25) is 5.91 Å². The van der Waals surface area contributed by atoms with Gasteiger partial charge < -0.3 is 19.4 Å². The maximum absolute atomic E-state index is 13.6. The number of carbonyl (C=O) groups is 2. The van der Waals surface area contributed by atoms with Gasteiger partial charge in [-0.1, -0.05) is 18.2 Å². The maximum atomic E-state index is 13.6. The standard InChI is InChI=1S/C35H39N5O4/c1-21-34-33(38-35(40(34)16-15-36-21)24-11-9-23(10-12-24)20-37-22(2)41)26-14-13-25(32(18-26)44-5)17-30(42)29-19-27-28(39(29)3)7-6-8-31(27)43-4/h6-8,13-16,18-19,23-24H,9-12,17,20H2,1-5H3,(H,37,41). The van der Waals surface area contributed by atoms with Crippen LogP contribution in [-0.4, -0.2) is 51.4 Å². The molecule has 0 bridgehead atoms. The Balaban J connectivity index is 1.29. The van der Waals surface area contributed by atoms with Gasteiger partial charge >= 0.3 is 0 Å². The Bertz CT molecular complexity index is 1860. The molecule has 228 valence electrons. The largest absolute Gasteiger partial charge is 0.496 e. The van der Waals surface area contributed by atoms with E-state index in [9.17, 15) is 9.59 Å². The van der Waals surface area contributed by atoms with Crippen LogP contribution in [-0.2, 0) is 18.3 Å². The summed E-state index contributed by atoms with van der Waals surface area (Å²) < 4.78 is 15.5. The molecule has 5 aromatic rings. The molecule has 0 radical (unpaired) electrons. The summed E-state index contributed by atoms with van der Waals surface area (Å²) in [6.07, 6.45) is 8.19. The SMILES string of the molecule is COc1cc(-c2nc(C3CCC(CNC(C)=O)CC3)n3ccnc(C)c23)ccc1CC(=O)c1cc2c(OC)cccc2n1C. The Kier molecular flexibility index (Phi) is 8.12. The van der Waals surface area contributed by atoms with Crippen LogP contribution in [0.3, 0.4) is 0 Å². The summed E-state index contributed by atoms with van der Waals surface area (Å²) in [6.45, 7) is 4.32. The number of aryl methyl sites for hydroxylation is 2. The smallest absolute Gasteiger partial charge is 0.216 e. The number of imidazole rings is 1. The normalized spacial score (nSPS) is 16.8. The molecule has 9 heteroatoms. The molecular weight excluding hydrogens is 554 g/mol. The van der Waals surface area contributed by atoms with Crippen molar-refractivity contribution in [2.75, 3.05) is 20.8 Å². The van der Waals surface area contributed by atoms with E-state index in [1.807, 2.05) is 73.4 Å². The number of ketones is 1. The first kappa shape index (κ1) is 29.4. The lowest BCUT2D eigenvalue weighted by Gasteiger charge is -2.27. The highest BCUT2D eigenvalue weighted by atomic mass is 16.5. The summed E-state index contributed by atoms with van der Waals surface area (Å²) in [4.78, 5) is 34.8. The van der Waals surface area contributed by atoms with Gasteiger partial charge in [0.1, 0.15) is 17.3 Å². The predicted octanol–water partition coefficient (Wildman–Crippen LogP) is 6.05. The van der Waals surface area contributed by atoms with Gasteiger partial charge in [-0.25, -0.2) is 4.98 Å². The van der Waals surface area contributed by atoms with E-state index < -0.39 is 0 Å². The Labute approximate surface area is 257 Å². The zero-order valence-electron chi connectivity index (χ0n) is 26.0. The quantitative estimate of drug-likeness (QED) is 0.209. The third kappa shape index (κ3) is 5.42. The van der Waals surface area contributed by atoms with Crippen molar-refractivity contribution in [1.82, 2.24) is 24.3 Å². The number of Topliss-reactive ketones (excluding diaryl/α,β-unsaturated/α-hetero) is 1. The number of rotatable bonds is 9. The molecule has 3 heterocycles. The van der Waals surface area contributed by atoms with Crippen molar-refractivity contribution in [1.29, 1.82) is 0 Å². The average molecular weight is 594 g/mol. The van der Waals surface area contributed by atoms with Crippen molar-refractivity contribution >= 4 is 28.1 Å². The number of amides is 1. The fourth-order valence-electron chi connectivity index (χ4n) is 6.70. The molecular formula is C35H39N5O4. The molecule has 0 aliphatic heterocycles. The van der Waals surface area contributed by atoms with Crippen LogP contribution >= 0.6 is 0 Å². The Morgan fingerprint density at radius 3 is 2.52 bits per heavy atom. The first-order valence-electron chi connectivity index (χ1n) is 15.2. The molecule has 1 aliphatic carbocycles. The fourth-order valence-corrected chi connectivity index (χ4v) is 6.70. The van der Waals surface area contributed by atoms with E-state index in [2.05, 4.69) is 14.7 Å². The minimum Gasteiger partial charge on any atom is -0.496 e. The van der Waals surface area contributed by atoms with Crippen molar-refractivity contribution in [3.63, 3.8) is 0 Å². The molecule has 0 unspecified atom stereocenters. The second-order valence-corrected chi connectivity index (χ2v) is 11.8. The van der Waals surface area contributed by atoms with E-state index >= 15 is 0 Å². The molecule has 0 spiro atoms. The van der Waals surface area contributed by atoms with Crippen LogP contribution in [0.25, 0.3) is 27.7 Å². The van der Waals surface area contributed by atoms with Crippen LogP contribution in [0.1, 0.15) is 66.1 Å². The topological polar surface area (TPSA) is 99.8 Å². The van der Waals surface area contributed by atoms with E-state index in [1.165, 1.54) is 0 Å². The molecule has 1 aliphatic rings. The number of benzene rings is 2. The fraction of sp³-hybridized carbons (Fsp3) is 0.371. The lowest BCUT2D eigenvalue weighted by Crippen LogP contribution is -2.29. The molecule has 1 fully saturated rings. The van der Waals surface area contributed by atoms with Crippen LogP contribution in [0.5, 0.6) is 11.5 Å². The maximum Gasteiger partial charge on any atom is 0.216 e. The molecule has 6 rings (SSSR count). The monoisotopic (exact) mass is 593 g/mol. The van der Waals surface area contributed by atoms with Crippen LogP contribution in [0.4, 0.5) is 0 Å². The van der Waals surface area contributed by atoms with Gasteiger partial charge in [-0.05, 0) is 62.8 Å². The van der Waals surface area contributed by atoms with Crippen molar-refractivity contribution in [3.05, 3.63) is 77.6 Å². The van der Waals surface area contributed by atoms with Crippen LogP contribution in [0, 0.1) is 12.8 Å². The Morgan fingerprint density at radius 2 is 1.80 bits per heavy atom. The van der Waals surface area contributed by atoms with Crippen LogP contribution in [0.15, 0.2) is 54.9 Å². The average Bonchev–Trinajstić information content (AvgIpc) is 3.59. The number of carbonyl (C=O) groups excluding carboxylic acids is 2. The van der Waals surface area contributed by atoms with Gasteiger partial charge in [0, 0.05) is 61.8 Å². The number of hydrogen-bond donors (Lipinski definition) is 1. The molecule has 0 atom stereocenters. The number of hydrogen-bond acceptors (Lipinski definition) is 6. The van der Waals surface area contributed by atoms with Gasteiger partial charge in [0.05, 0.1) is 42.3 Å². The first-order chi connectivity index (χ1) is 21.3. The number of nitrogens with one attached hydrogen (secondary N) is 1. The van der Waals surface area contributed by atoms with E-state index in [-0.39, 0.29) is 18.1 Å². The third-order valence-electron chi connectivity index (χ3n) is 9.08. The summed E-state index contributed by atoms with van der Waals surface area (Å²) >= 11 is 0. The third-order valence-corrected chi connectivity index (χ3v) is 9.08. The molecule has 44 heavy (non-hydrogen) atoms. The minimum atomic E-state index is 0.000630. The van der Waals surface area contributed by atoms with Crippen molar-refractivity contribution in [3.8, 4) is 22.8 Å². The first-order valence-corrected chi connectivity index (χ1v) is 15.2. The molecule has 3 aromatic heterocycles. The predicted molar refractivity (Wildman–Crippen MR) is 171 cm³/mol. The molecule has 1 N–H and O–H groups in total. The molecule has 9 nitrogen and oxygen atoms in total. The Morgan fingerprint density at radius 1 is 1.02 bits per heavy atom. The van der Waals surface area contributed by atoms with Crippen molar-refractivity contribution < 1.29 is 19.1 Å². The molecule has 2 aromatic carbocycles. The van der Waals surface area contributed by atoms with Crippen molar-refractivity contribution in [2.24, 2.45) is 13.0 Å². The second kappa shape index (κ2) is 12.1. The van der Waals surface area contributed by atoms with E-state index in [0.29, 0.717) is 23.3 Å². The number of ether oxygens (including phenoxy) is 2. The number of nitrogens with zero attached hydrogens (tertiary/aromatic N) is 4. The van der Waals surface area contributed by atoms with Crippen LogP contribution < -0.4 is 14.8 Å².